The van der Waals surface area contributed by atoms with Crippen LogP contribution in [0.3, 0.4) is 0 Å². The van der Waals surface area contributed by atoms with Gasteiger partial charge in [0.25, 0.3) is 0 Å². The third-order valence-corrected chi connectivity index (χ3v) is 9.48. The Kier molecular flexibility index (Phi) is 13.1. The van der Waals surface area contributed by atoms with E-state index in [2.05, 4.69) is 45.7 Å². The average Bonchev–Trinajstić information content (AvgIpc) is 3.47. The van der Waals surface area contributed by atoms with Crippen LogP contribution in [0.1, 0.15) is 82.0 Å². The molecule has 1 aliphatic heterocycles. The number of aromatic nitrogens is 3. The highest BCUT2D eigenvalue weighted by Gasteiger charge is 2.21. The monoisotopic (exact) mass is 665 g/mol. The van der Waals surface area contributed by atoms with Crippen LogP contribution in [0.4, 0.5) is 11.5 Å². The summed E-state index contributed by atoms with van der Waals surface area (Å²) >= 11 is 0. The van der Waals surface area contributed by atoms with Gasteiger partial charge in [0.05, 0.1) is 30.4 Å². The Hall–Kier alpha value is -4.33. The summed E-state index contributed by atoms with van der Waals surface area (Å²) in [5, 5.41) is 16.4. The Bertz CT molecular complexity index is 1770. The number of carbonyl (C=O) groups excluding carboxylic acids is 2. The number of nitrogen functional groups attached to an aromatic ring is 1. The second-order valence-electron chi connectivity index (χ2n) is 13.3. The van der Waals surface area contributed by atoms with Gasteiger partial charge in [-0.2, -0.15) is 10.4 Å². The summed E-state index contributed by atoms with van der Waals surface area (Å²) in [6.07, 6.45) is 8.36. The van der Waals surface area contributed by atoms with Gasteiger partial charge in [-0.15, -0.1) is 0 Å². The lowest BCUT2D eigenvalue weighted by Crippen LogP contribution is -2.47. The first-order chi connectivity index (χ1) is 23.9. The molecule has 10 nitrogen and oxygen atoms in total. The van der Waals surface area contributed by atoms with Crippen molar-refractivity contribution in [2.75, 3.05) is 56.6 Å². The Morgan fingerprint density at radius 3 is 2.55 bits per heavy atom. The number of unbranched alkanes of at least 4 members (excludes halogenated alkanes) is 4. The van der Waals surface area contributed by atoms with Gasteiger partial charge in [-0.1, -0.05) is 38.3 Å². The number of pyridine rings is 1. The molecular formula is C39H51N7O3. The Balaban J connectivity index is 1.22. The Labute approximate surface area is 290 Å². The van der Waals surface area contributed by atoms with Crippen molar-refractivity contribution in [2.24, 2.45) is 0 Å². The largest absolute Gasteiger partial charge is 0.382 e. The van der Waals surface area contributed by atoms with Crippen molar-refractivity contribution in [2.45, 2.75) is 84.6 Å². The van der Waals surface area contributed by atoms with Gasteiger partial charge in [-0.3, -0.25) is 19.2 Å². The lowest BCUT2D eigenvalue weighted by atomic mass is 10.0. The highest BCUT2D eigenvalue weighted by Crippen LogP contribution is 2.34. The van der Waals surface area contributed by atoms with Crippen LogP contribution in [0.25, 0.3) is 21.8 Å². The number of Topliss-reactive ketones (excluding diaryl/α,β-unsaturated/α-hetero) is 2. The summed E-state index contributed by atoms with van der Waals surface area (Å²) < 4.78 is 7.82. The molecule has 0 aliphatic carbocycles. The van der Waals surface area contributed by atoms with Gasteiger partial charge in [0.15, 0.2) is 5.82 Å². The zero-order chi connectivity index (χ0) is 34.6. The maximum atomic E-state index is 12.6. The zero-order valence-corrected chi connectivity index (χ0v) is 29.3. The first kappa shape index (κ1) is 36.0. The third-order valence-electron chi connectivity index (χ3n) is 9.48. The number of benzene rings is 2. The standard InChI is InChI=1S/C39H51N7O3/c1-3-4-17-46-36(13-8-6-5-7-12-33(48)26-30-10-9-11-31(25-30)28-40)37-34-27-32(14-15-35(34)42-39(41)38(37)43-46)45-20-18-44(19-21-45)22-24-49-23-16-29(2)47/h9-11,14-15,25,27H,3-8,12-13,16-24,26H2,1-2H3,(H2,41,42). The Morgan fingerprint density at radius 2 is 1.78 bits per heavy atom. The minimum absolute atomic E-state index is 0.164. The van der Waals surface area contributed by atoms with Crippen LogP contribution in [0.2, 0.25) is 0 Å². The van der Waals surface area contributed by atoms with Gasteiger partial charge in [-0.25, -0.2) is 4.98 Å². The molecule has 4 aromatic rings. The number of hydrogen-bond donors (Lipinski definition) is 1. The molecular weight excluding hydrogens is 614 g/mol. The molecule has 10 heteroatoms. The second-order valence-corrected chi connectivity index (χ2v) is 13.3. The first-order valence-corrected chi connectivity index (χ1v) is 18.0. The van der Waals surface area contributed by atoms with Crippen molar-refractivity contribution in [1.29, 1.82) is 5.26 Å². The van der Waals surface area contributed by atoms with Gasteiger partial charge < -0.3 is 15.4 Å². The van der Waals surface area contributed by atoms with Crippen molar-refractivity contribution in [3.8, 4) is 6.07 Å². The van der Waals surface area contributed by atoms with Crippen molar-refractivity contribution >= 4 is 44.9 Å². The smallest absolute Gasteiger partial charge is 0.152 e. The number of anilines is 2. The zero-order valence-electron chi connectivity index (χ0n) is 29.3. The van der Waals surface area contributed by atoms with E-state index in [0.29, 0.717) is 43.9 Å². The number of nitrogens with two attached hydrogens (primary N) is 1. The number of nitrogens with zero attached hydrogens (tertiary/aromatic N) is 6. The predicted octanol–water partition coefficient (Wildman–Crippen LogP) is 6.26. The summed E-state index contributed by atoms with van der Waals surface area (Å²) in [5.74, 6) is 0.864. The van der Waals surface area contributed by atoms with E-state index in [-0.39, 0.29) is 11.6 Å². The van der Waals surface area contributed by atoms with Crippen LogP contribution in [0.15, 0.2) is 42.5 Å². The quantitative estimate of drug-likeness (QED) is 0.115. The van der Waals surface area contributed by atoms with E-state index in [1.807, 2.05) is 12.1 Å². The van der Waals surface area contributed by atoms with Crippen molar-refractivity contribution < 1.29 is 14.3 Å². The predicted molar refractivity (Wildman–Crippen MR) is 196 cm³/mol. The molecule has 0 atom stereocenters. The highest BCUT2D eigenvalue weighted by atomic mass is 16.5. The molecule has 2 aromatic carbocycles. The van der Waals surface area contributed by atoms with E-state index in [1.54, 1.807) is 19.1 Å². The third kappa shape index (κ3) is 9.87. The Morgan fingerprint density at radius 1 is 0.959 bits per heavy atom. The molecule has 2 N–H and O–H groups in total. The van der Waals surface area contributed by atoms with Crippen LogP contribution in [-0.2, 0) is 33.7 Å². The van der Waals surface area contributed by atoms with E-state index in [4.69, 9.17) is 25.8 Å². The van der Waals surface area contributed by atoms with E-state index in [9.17, 15) is 9.59 Å². The molecule has 3 heterocycles. The summed E-state index contributed by atoms with van der Waals surface area (Å²) in [5.41, 5.74) is 12.1. The van der Waals surface area contributed by atoms with E-state index in [0.717, 1.165) is 112 Å². The van der Waals surface area contributed by atoms with Crippen molar-refractivity contribution in [3.63, 3.8) is 0 Å². The van der Waals surface area contributed by atoms with Gasteiger partial charge >= 0.3 is 0 Å². The van der Waals surface area contributed by atoms with Crippen LogP contribution >= 0.6 is 0 Å². The number of rotatable bonds is 19. The number of ketones is 2. The number of carbonyl (C=O) groups is 2. The molecule has 0 radical (unpaired) electrons. The maximum absolute atomic E-state index is 12.6. The maximum Gasteiger partial charge on any atom is 0.152 e. The fraction of sp³-hybridized carbons (Fsp3) is 0.513. The normalized spacial score (nSPS) is 13.7. The number of ether oxygens (including phenoxy) is 1. The molecule has 260 valence electrons. The molecule has 0 bridgehead atoms. The number of aryl methyl sites for hydroxylation is 2. The average molecular weight is 666 g/mol. The van der Waals surface area contributed by atoms with Gasteiger partial charge in [0.1, 0.15) is 17.1 Å². The van der Waals surface area contributed by atoms with E-state index in [1.165, 1.54) is 11.4 Å². The van der Waals surface area contributed by atoms with Gasteiger partial charge in [0, 0.05) is 80.7 Å². The van der Waals surface area contributed by atoms with Crippen molar-refractivity contribution in [3.05, 3.63) is 59.3 Å². The van der Waals surface area contributed by atoms with Gasteiger partial charge in [0.2, 0.25) is 0 Å². The second kappa shape index (κ2) is 17.9. The van der Waals surface area contributed by atoms with Crippen LogP contribution in [0, 0.1) is 11.3 Å². The number of piperazine rings is 1. The first-order valence-electron chi connectivity index (χ1n) is 18.0. The molecule has 5 rings (SSSR count). The summed E-state index contributed by atoms with van der Waals surface area (Å²) in [4.78, 5) is 33.4. The van der Waals surface area contributed by atoms with Gasteiger partial charge in [-0.05, 0) is 68.5 Å². The highest BCUT2D eigenvalue weighted by molar-refractivity contribution is 6.10. The minimum atomic E-state index is 0.164. The molecule has 1 fully saturated rings. The lowest BCUT2D eigenvalue weighted by molar-refractivity contribution is -0.119. The summed E-state index contributed by atoms with van der Waals surface area (Å²) in [6, 6.07) is 16.0. The molecule has 0 unspecified atom stereocenters. The minimum Gasteiger partial charge on any atom is -0.382 e. The summed E-state index contributed by atoms with van der Waals surface area (Å²) in [6.45, 7) is 10.5. The molecule has 2 aromatic heterocycles. The number of fused-ring (bicyclic) bond motifs is 3. The molecule has 49 heavy (non-hydrogen) atoms. The SMILES string of the molecule is CCCCn1nc2c(N)nc3ccc(N4CCN(CCOCCC(C)=O)CC4)cc3c2c1CCCCCCC(=O)Cc1cccc(C#N)c1. The topological polar surface area (TPSA) is 130 Å². The number of hydrogen-bond acceptors (Lipinski definition) is 9. The van der Waals surface area contributed by atoms with Crippen LogP contribution in [0.5, 0.6) is 0 Å². The molecule has 0 saturated carbocycles. The van der Waals surface area contributed by atoms with Crippen molar-refractivity contribution in [1.82, 2.24) is 19.7 Å². The van der Waals surface area contributed by atoms with E-state index >= 15 is 0 Å². The van der Waals surface area contributed by atoms with E-state index < -0.39 is 0 Å². The number of nitriles is 1. The fourth-order valence-electron chi connectivity index (χ4n) is 6.68. The molecule has 0 spiro atoms. The molecule has 0 amide bonds. The fourth-order valence-corrected chi connectivity index (χ4v) is 6.68. The van der Waals surface area contributed by atoms with Crippen LogP contribution in [-0.4, -0.2) is 77.2 Å². The molecule has 1 saturated heterocycles. The lowest BCUT2D eigenvalue weighted by Gasteiger charge is -2.36. The van der Waals surface area contributed by atoms with Crippen LogP contribution < -0.4 is 10.6 Å². The molecule has 1 aliphatic rings. The summed E-state index contributed by atoms with van der Waals surface area (Å²) in [7, 11) is 0.